The number of hydroxylamine groups is 2. The number of methoxy groups -OCH3 is 1. The Kier molecular flexibility index (Phi) is 4.85. The molecule has 1 N–H and O–H groups in total. The molecule has 0 bridgehead atoms. The van der Waals surface area contributed by atoms with Crippen LogP contribution in [0.3, 0.4) is 0 Å². The number of esters is 1. The number of rotatable bonds is 4. The molecule has 0 aromatic heterocycles. The summed E-state index contributed by atoms with van der Waals surface area (Å²) in [6.07, 6.45) is 1.50. The molecule has 2 saturated heterocycles. The maximum absolute atomic E-state index is 12.7. The average molecular weight is 368 g/mol. The van der Waals surface area contributed by atoms with Crippen LogP contribution in [-0.2, 0) is 25.8 Å². The molecule has 2 aliphatic heterocycles. The van der Waals surface area contributed by atoms with Crippen LogP contribution in [0.4, 0.5) is 0 Å². The van der Waals surface area contributed by atoms with E-state index in [0.29, 0.717) is 19.4 Å². The highest BCUT2D eigenvalue weighted by Gasteiger charge is 2.57. The van der Waals surface area contributed by atoms with E-state index in [-0.39, 0.29) is 18.3 Å². The minimum absolute atomic E-state index is 0.143. The summed E-state index contributed by atoms with van der Waals surface area (Å²) >= 11 is 0. The molecule has 1 spiro atoms. The van der Waals surface area contributed by atoms with Crippen LogP contribution in [0.5, 0.6) is 0 Å². The SMILES string of the molecule is COC(=O)C1CC(=O)N(OCc2ccc3ccccc3c2)C12CCNCC2. The van der Waals surface area contributed by atoms with Gasteiger partial charge in [0.2, 0.25) is 5.91 Å². The minimum Gasteiger partial charge on any atom is -0.469 e. The van der Waals surface area contributed by atoms with Crippen LogP contribution < -0.4 is 5.32 Å². The summed E-state index contributed by atoms with van der Waals surface area (Å²) in [6, 6.07) is 14.3. The fourth-order valence-corrected chi connectivity index (χ4v) is 4.36. The lowest BCUT2D eigenvalue weighted by Gasteiger charge is -2.42. The fraction of sp³-hybridized carbons (Fsp3) is 0.429. The molecular weight excluding hydrogens is 344 g/mol. The molecule has 27 heavy (non-hydrogen) atoms. The van der Waals surface area contributed by atoms with Crippen molar-refractivity contribution in [1.82, 2.24) is 10.4 Å². The Morgan fingerprint density at radius 2 is 1.93 bits per heavy atom. The summed E-state index contributed by atoms with van der Waals surface area (Å²) in [7, 11) is 1.38. The third kappa shape index (κ3) is 3.19. The quantitative estimate of drug-likeness (QED) is 0.840. The van der Waals surface area contributed by atoms with Crippen LogP contribution >= 0.6 is 0 Å². The number of hydrogen-bond donors (Lipinski definition) is 1. The van der Waals surface area contributed by atoms with Gasteiger partial charge >= 0.3 is 5.97 Å². The van der Waals surface area contributed by atoms with Gasteiger partial charge in [-0.15, -0.1) is 0 Å². The number of hydrogen-bond acceptors (Lipinski definition) is 5. The van der Waals surface area contributed by atoms with Crippen LogP contribution in [0, 0.1) is 5.92 Å². The molecule has 0 radical (unpaired) electrons. The number of amides is 1. The first kappa shape index (κ1) is 17.9. The zero-order valence-corrected chi connectivity index (χ0v) is 15.4. The molecule has 2 aromatic carbocycles. The number of ether oxygens (including phenoxy) is 1. The predicted octanol–water partition coefficient (Wildman–Crippen LogP) is 2.42. The number of fused-ring (bicyclic) bond motifs is 1. The van der Waals surface area contributed by atoms with Gasteiger partial charge in [-0.2, -0.15) is 0 Å². The first-order chi connectivity index (χ1) is 13.1. The third-order valence-corrected chi connectivity index (χ3v) is 5.79. The van der Waals surface area contributed by atoms with E-state index in [2.05, 4.69) is 29.6 Å². The van der Waals surface area contributed by atoms with Crippen molar-refractivity contribution in [3.05, 3.63) is 48.0 Å². The Morgan fingerprint density at radius 1 is 1.19 bits per heavy atom. The molecule has 1 atom stereocenters. The third-order valence-electron chi connectivity index (χ3n) is 5.79. The largest absolute Gasteiger partial charge is 0.469 e. The van der Waals surface area contributed by atoms with E-state index >= 15 is 0 Å². The van der Waals surface area contributed by atoms with Gasteiger partial charge in [0.15, 0.2) is 0 Å². The monoisotopic (exact) mass is 368 g/mol. The Morgan fingerprint density at radius 3 is 2.67 bits per heavy atom. The molecule has 142 valence electrons. The second kappa shape index (κ2) is 7.29. The van der Waals surface area contributed by atoms with E-state index in [1.165, 1.54) is 17.6 Å². The van der Waals surface area contributed by atoms with Gasteiger partial charge in [-0.1, -0.05) is 36.4 Å². The number of benzene rings is 2. The Bertz CT molecular complexity index is 860. The van der Waals surface area contributed by atoms with Crippen molar-refractivity contribution >= 4 is 22.6 Å². The van der Waals surface area contributed by atoms with E-state index < -0.39 is 11.5 Å². The minimum atomic E-state index is -0.619. The van der Waals surface area contributed by atoms with Gasteiger partial charge in [0, 0.05) is 6.42 Å². The fourth-order valence-electron chi connectivity index (χ4n) is 4.36. The molecule has 0 aliphatic carbocycles. The molecule has 4 rings (SSSR count). The summed E-state index contributed by atoms with van der Waals surface area (Å²) in [5.41, 5.74) is 0.374. The van der Waals surface area contributed by atoms with E-state index in [1.54, 1.807) is 0 Å². The average Bonchev–Trinajstić information content (AvgIpc) is 2.97. The van der Waals surface area contributed by atoms with Crippen LogP contribution in [-0.4, -0.2) is 42.7 Å². The van der Waals surface area contributed by atoms with Gasteiger partial charge in [-0.3, -0.25) is 14.4 Å². The highest BCUT2D eigenvalue weighted by atomic mass is 16.7. The van der Waals surface area contributed by atoms with Gasteiger partial charge < -0.3 is 10.1 Å². The standard InChI is InChI=1S/C21H24N2O4/c1-26-20(25)18-13-19(24)23(21(18)8-10-22-11-9-21)27-14-15-6-7-16-4-2-3-5-17(16)12-15/h2-7,12,18,22H,8-11,13-14H2,1H3. The van der Waals surface area contributed by atoms with Crippen LogP contribution in [0.1, 0.15) is 24.8 Å². The summed E-state index contributed by atoms with van der Waals surface area (Å²) in [4.78, 5) is 31.0. The summed E-state index contributed by atoms with van der Waals surface area (Å²) in [5.74, 6) is -0.955. The second-order valence-electron chi connectivity index (χ2n) is 7.28. The Balaban J connectivity index is 1.56. The highest BCUT2D eigenvalue weighted by Crippen LogP contribution is 2.43. The number of carbonyl (C=O) groups is 2. The van der Waals surface area contributed by atoms with Crippen LogP contribution in [0.25, 0.3) is 10.8 Å². The summed E-state index contributed by atoms with van der Waals surface area (Å²) < 4.78 is 4.98. The van der Waals surface area contributed by atoms with Crippen molar-refractivity contribution < 1.29 is 19.2 Å². The number of nitrogens with zero attached hydrogens (tertiary/aromatic N) is 1. The van der Waals surface area contributed by atoms with Crippen molar-refractivity contribution in [2.24, 2.45) is 5.92 Å². The number of carbonyl (C=O) groups excluding carboxylic acids is 2. The zero-order chi connectivity index (χ0) is 18.9. The van der Waals surface area contributed by atoms with Gasteiger partial charge in [-0.25, -0.2) is 5.06 Å². The molecule has 6 nitrogen and oxygen atoms in total. The molecule has 2 aromatic rings. The smallest absolute Gasteiger partial charge is 0.311 e. The predicted molar refractivity (Wildman–Crippen MR) is 101 cm³/mol. The first-order valence-electron chi connectivity index (χ1n) is 9.36. The summed E-state index contributed by atoms with van der Waals surface area (Å²) in [5, 5.41) is 7.07. The molecule has 0 saturated carbocycles. The molecule has 2 heterocycles. The van der Waals surface area contributed by atoms with Crippen molar-refractivity contribution in [3.63, 3.8) is 0 Å². The lowest BCUT2D eigenvalue weighted by atomic mass is 9.78. The molecule has 6 heteroatoms. The summed E-state index contributed by atoms with van der Waals surface area (Å²) in [6.45, 7) is 1.78. The molecule has 1 unspecified atom stereocenters. The topological polar surface area (TPSA) is 67.9 Å². The lowest BCUT2D eigenvalue weighted by molar-refractivity contribution is -0.226. The van der Waals surface area contributed by atoms with E-state index in [0.717, 1.165) is 24.0 Å². The highest BCUT2D eigenvalue weighted by molar-refractivity contribution is 5.88. The van der Waals surface area contributed by atoms with Crippen molar-refractivity contribution in [3.8, 4) is 0 Å². The van der Waals surface area contributed by atoms with Crippen LogP contribution in [0.2, 0.25) is 0 Å². The van der Waals surface area contributed by atoms with Gasteiger partial charge in [0.05, 0.1) is 18.6 Å². The van der Waals surface area contributed by atoms with Crippen molar-refractivity contribution in [2.45, 2.75) is 31.4 Å². The number of piperidine rings is 1. The maximum Gasteiger partial charge on any atom is 0.311 e. The van der Waals surface area contributed by atoms with Crippen molar-refractivity contribution in [2.75, 3.05) is 20.2 Å². The van der Waals surface area contributed by atoms with Gasteiger partial charge in [0.1, 0.15) is 6.61 Å². The normalized spacial score (nSPS) is 21.7. The van der Waals surface area contributed by atoms with Crippen LogP contribution in [0.15, 0.2) is 42.5 Å². The second-order valence-corrected chi connectivity index (χ2v) is 7.28. The Hall–Kier alpha value is -2.44. The van der Waals surface area contributed by atoms with Gasteiger partial charge in [-0.05, 0) is 48.3 Å². The van der Waals surface area contributed by atoms with E-state index in [1.807, 2.05) is 18.2 Å². The van der Waals surface area contributed by atoms with E-state index in [4.69, 9.17) is 9.57 Å². The maximum atomic E-state index is 12.7. The lowest BCUT2D eigenvalue weighted by Crippen LogP contribution is -2.56. The molecule has 2 fully saturated rings. The molecule has 1 amide bonds. The number of nitrogens with one attached hydrogen (secondary N) is 1. The molecular formula is C21H24N2O4. The van der Waals surface area contributed by atoms with Gasteiger partial charge in [0.25, 0.3) is 0 Å². The van der Waals surface area contributed by atoms with Crippen molar-refractivity contribution in [1.29, 1.82) is 0 Å². The Labute approximate surface area is 158 Å². The zero-order valence-electron chi connectivity index (χ0n) is 15.4. The van der Waals surface area contributed by atoms with E-state index in [9.17, 15) is 9.59 Å². The molecule has 2 aliphatic rings. The first-order valence-corrected chi connectivity index (χ1v) is 9.36.